The lowest BCUT2D eigenvalue weighted by atomic mass is 10.0. The van der Waals surface area contributed by atoms with E-state index >= 15 is 0 Å². The van der Waals surface area contributed by atoms with Crippen LogP contribution in [-0.4, -0.2) is 41.6 Å². The molecule has 1 N–H and O–H groups in total. The van der Waals surface area contributed by atoms with Crippen LogP contribution in [0.1, 0.15) is 22.8 Å². The Bertz CT molecular complexity index is 751. The highest BCUT2D eigenvalue weighted by atomic mass is 16.5. The monoisotopic (exact) mass is 286 g/mol. The van der Waals surface area contributed by atoms with Crippen molar-refractivity contribution in [3.8, 4) is 0 Å². The number of morpholine rings is 1. The molecule has 2 heterocycles. The second-order valence-corrected chi connectivity index (χ2v) is 5.43. The summed E-state index contributed by atoms with van der Waals surface area (Å²) >= 11 is 0. The number of H-pyrrole nitrogens is 1. The molecule has 1 aromatic heterocycles. The molecule has 0 spiro atoms. The molecule has 0 unspecified atom stereocenters. The van der Waals surface area contributed by atoms with Gasteiger partial charge in [0.05, 0.1) is 18.3 Å². The minimum absolute atomic E-state index is 0.0243. The maximum Gasteiger partial charge on any atom is 0.255 e. The van der Waals surface area contributed by atoms with Crippen LogP contribution in [-0.2, 0) is 4.74 Å². The van der Waals surface area contributed by atoms with Gasteiger partial charge >= 0.3 is 0 Å². The number of rotatable bonds is 1. The van der Waals surface area contributed by atoms with Crippen molar-refractivity contribution in [3.05, 3.63) is 45.7 Å². The Kier molecular flexibility index (Phi) is 3.51. The van der Waals surface area contributed by atoms with Crippen LogP contribution in [0.25, 0.3) is 10.9 Å². The molecule has 1 saturated heterocycles. The molecule has 1 aliphatic rings. The minimum Gasteiger partial charge on any atom is -0.375 e. The smallest absolute Gasteiger partial charge is 0.255 e. The number of ether oxygens (including phenoxy) is 1. The van der Waals surface area contributed by atoms with Gasteiger partial charge in [-0.1, -0.05) is 18.2 Å². The van der Waals surface area contributed by atoms with Gasteiger partial charge in [0.2, 0.25) is 0 Å². The van der Waals surface area contributed by atoms with E-state index in [0.717, 1.165) is 5.39 Å². The number of nitrogens with one attached hydrogen (secondary N) is 1. The number of amides is 1. The molecule has 1 amide bonds. The molecule has 2 aromatic rings. The van der Waals surface area contributed by atoms with E-state index in [1.807, 2.05) is 31.2 Å². The molecule has 0 bridgehead atoms. The highest BCUT2D eigenvalue weighted by Crippen LogP contribution is 2.20. The van der Waals surface area contributed by atoms with Crippen molar-refractivity contribution in [3.63, 3.8) is 0 Å². The fraction of sp³-hybridized carbons (Fsp3) is 0.375. The van der Waals surface area contributed by atoms with Gasteiger partial charge < -0.3 is 14.6 Å². The Morgan fingerprint density at radius 2 is 2.14 bits per heavy atom. The highest BCUT2D eigenvalue weighted by molar-refractivity contribution is 6.07. The molecule has 0 aliphatic carbocycles. The third-order valence-corrected chi connectivity index (χ3v) is 3.90. The molecular formula is C16H18N2O3. The summed E-state index contributed by atoms with van der Waals surface area (Å²) in [6.07, 6.45) is 0.0243. The predicted octanol–water partition coefficient (Wildman–Crippen LogP) is 1.70. The van der Waals surface area contributed by atoms with Crippen LogP contribution >= 0.6 is 0 Å². The van der Waals surface area contributed by atoms with Gasteiger partial charge in [0.25, 0.3) is 11.5 Å². The third kappa shape index (κ3) is 2.45. The zero-order valence-corrected chi connectivity index (χ0v) is 12.2. The summed E-state index contributed by atoms with van der Waals surface area (Å²) in [5.41, 5.74) is 1.46. The summed E-state index contributed by atoms with van der Waals surface area (Å²) in [6.45, 7) is 5.29. The van der Waals surface area contributed by atoms with E-state index in [0.29, 0.717) is 36.3 Å². The molecule has 1 aliphatic heterocycles. The Labute approximate surface area is 122 Å². The Morgan fingerprint density at radius 1 is 1.38 bits per heavy atom. The zero-order valence-electron chi connectivity index (χ0n) is 12.2. The molecule has 0 radical (unpaired) electrons. The average Bonchev–Trinajstić information content (AvgIpc) is 2.48. The molecule has 5 nitrogen and oxygen atoms in total. The maximum atomic E-state index is 12.8. The van der Waals surface area contributed by atoms with Gasteiger partial charge in [0, 0.05) is 29.6 Å². The highest BCUT2D eigenvalue weighted by Gasteiger charge is 2.25. The van der Waals surface area contributed by atoms with Crippen molar-refractivity contribution < 1.29 is 9.53 Å². The van der Waals surface area contributed by atoms with Crippen molar-refractivity contribution in [1.29, 1.82) is 0 Å². The van der Waals surface area contributed by atoms with Gasteiger partial charge in [-0.15, -0.1) is 0 Å². The fourth-order valence-corrected chi connectivity index (χ4v) is 2.78. The topological polar surface area (TPSA) is 62.4 Å². The summed E-state index contributed by atoms with van der Waals surface area (Å²) < 4.78 is 5.47. The number of nitrogens with zero attached hydrogens (tertiary/aromatic N) is 1. The summed E-state index contributed by atoms with van der Waals surface area (Å²) in [4.78, 5) is 29.5. The molecule has 1 atom stereocenters. The van der Waals surface area contributed by atoms with E-state index in [4.69, 9.17) is 4.74 Å². The molecule has 110 valence electrons. The Balaban J connectivity index is 2.12. The number of carbonyl (C=O) groups is 1. The van der Waals surface area contributed by atoms with Crippen molar-refractivity contribution in [2.75, 3.05) is 19.7 Å². The van der Waals surface area contributed by atoms with E-state index in [2.05, 4.69) is 4.98 Å². The number of aromatic amines is 1. The predicted molar refractivity (Wildman–Crippen MR) is 80.6 cm³/mol. The third-order valence-electron chi connectivity index (χ3n) is 3.90. The van der Waals surface area contributed by atoms with Crippen LogP contribution < -0.4 is 5.56 Å². The maximum absolute atomic E-state index is 12.8. The number of benzene rings is 1. The van der Waals surface area contributed by atoms with Gasteiger partial charge in [-0.3, -0.25) is 9.59 Å². The van der Waals surface area contributed by atoms with E-state index < -0.39 is 0 Å². The molecule has 3 rings (SSSR count). The summed E-state index contributed by atoms with van der Waals surface area (Å²) in [6, 6.07) is 7.40. The number of aromatic nitrogens is 1. The second kappa shape index (κ2) is 5.33. The van der Waals surface area contributed by atoms with E-state index in [1.54, 1.807) is 11.8 Å². The van der Waals surface area contributed by atoms with Crippen molar-refractivity contribution in [2.45, 2.75) is 20.0 Å². The molecule has 1 aromatic carbocycles. The first-order chi connectivity index (χ1) is 10.1. The largest absolute Gasteiger partial charge is 0.375 e. The second-order valence-electron chi connectivity index (χ2n) is 5.43. The van der Waals surface area contributed by atoms with Crippen LogP contribution in [0, 0.1) is 6.92 Å². The summed E-state index contributed by atoms with van der Waals surface area (Å²) in [7, 11) is 0. The Morgan fingerprint density at radius 3 is 2.90 bits per heavy atom. The first kappa shape index (κ1) is 13.8. The first-order valence-electron chi connectivity index (χ1n) is 7.10. The van der Waals surface area contributed by atoms with Gasteiger partial charge in [0.15, 0.2) is 0 Å². The minimum atomic E-state index is -0.210. The quantitative estimate of drug-likeness (QED) is 0.868. The van der Waals surface area contributed by atoms with E-state index in [9.17, 15) is 9.59 Å². The van der Waals surface area contributed by atoms with Gasteiger partial charge in [-0.05, 0) is 19.9 Å². The molecule has 21 heavy (non-hydrogen) atoms. The summed E-state index contributed by atoms with van der Waals surface area (Å²) in [5.74, 6) is -0.0926. The molecule has 0 saturated carbocycles. The Hall–Kier alpha value is -2.14. The summed E-state index contributed by atoms with van der Waals surface area (Å²) in [5, 5.41) is 0.791. The molecule has 5 heteroatoms. The lowest BCUT2D eigenvalue weighted by molar-refractivity contribution is -0.0123. The van der Waals surface area contributed by atoms with E-state index in [-0.39, 0.29) is 17.6 Å². The first-order valence-corrected chi connectivity index (χ1v) is 7.10. The SMILES string of the molecule is Cc1c(C(=O)N2CCO[C@@H](C)C2)c2ccccc2[nH]c1=O. The molecule has 1 fully saturated rings. The lowest BCUT2D eigenvalue weighted by Gasteiger charge is -2.31. The lowest BCUT2D eigenvalue weighted by Crippen LogP contribution is -2.45. The van der Waals surface area contributed by atoms with E-state index in [1.165, 1.54) is 0 Å². The number of pyridine rings is 1. The molecular weight excluding hydrogens is 268 g/mol. The number of fused-ring (bicyclic) bond motifs is 1. The van der Waals surface area contributed by atoms with Crippen molar-refractivity contribution in [1.82, 2.24) is 9.88 Å². The van der Waals surface area contributed by atoms with Crippen LogP contribution in [0.15, 0.2) is 29.1 Å². The standard InChI is InChI=1S/C16H18N2O3/c1-10-9-18(7-8-21-10)16(20)14-11(2)15(19)17-13-6-4-3-5-12(13)14/h3-6,10H,7-9H2,1-2H3,(H,17,19)/t10-/m0/s1. The van der Waals surface area contributed by atoms with Gasteiger partial charge in [-0.25, -0.2) is 0 Å². The number of para-hydroxylation sites is 1. The van der Waals surface area contributed by atoms with Crippen LogP contribution in [0.2, 0.25) is 0 Å². The van der Waals surface area contributed by atoms with Crippen molar-refractivity contribution >= 4 is 16.8 Å². The average molecular weight is 286 g/mol. The van der Waals surface area contributed by atoms with Gasteiger partial charge in [0.1, 0.15) is 0 Å². The number of carbonyl (C=O) groups excluding carboxylic acids is 1. The zero-order chi connectivity index (χ0) is 15.0. The van der Waals surface area contributed by atoms with Crippen LogP contribution in [0.5, 0.6) is 0 Å². The fourth-order valence-electron chi connectivity index (χ4n) is 2.78. The van der Waals surface area contributed by atoms with Crippen LogP contribution in [0.4, 0.5) is 0 Å². The van der Waals surface area contributed by atoms with Crippen molar-refractivity contribution in [2.24, 2.45) is 0 Å². The number of hydrogen-bond acceptors (Lipinski definition) is 3. The normalized spacial score (nSPS) is 19.0. The number of hydrogen-bond donors (Lipinski definition) is 1. The van der Waals surface area contributed by atoms with Crippen LogP contribution in [0.3, 0.4) is 0 Å². The van der Waals surface area contributed by atoms with Gasteiger partial charge in [-0.2, -0.15) is 0 Å².